The molecule has 0 aromatic heterocycles. The van der Waals surface area contributed by atoms with E-state index in [-0.39, 0.29) is 17.4 Å². The third-order valence-electron chi connectivity index (χ3n) is 3.38. The first kappa shape index (κ1) is 17.8. The zero-order chi connectivity index (χ0) is 18.4. The van der Waals surface area contributed by atoms with E-state index in [1.54, 1.807) is 18.2 Å². The number of para-hydroxylation sites is 3. The van der Waals surface area contributed by atoms with Gasteiger partial charge in [-0.25, -0.2) is 4.39 Å². The van der Waals surface area contributed by atoms with Gasteiger partial charge in [-0.2, -0.15) is 0 Å². The van der Waals surface area contributed by atoms with Crippen molar-refractivity contribution in [2.24, 2.45) is 0 Å². The van der Waals surface area contributed by atoms with E-state index in [0.717, 1.165) is 6.07 Å². The lowest BCUT2D eigenvalue weighted by atomic mass is 10.3. The van der Waals surface area contributed by atoms with Crippen molar-refractivity contribution in [1.29, 1.82) is 0 Å². The minimum absolute atomic E-state index is 0.102. The number of halogens is 2. The number of hydrogen-bond donors (Lipinski definition) is 1. The molecule has 6 heteroatoms. The van der Waals surface area contributed by atoms with Gasteiger partial charge in [0, 0.05) is 0 Å². The monoisotopic (exact) mass is 371 g/mol. The summed E-state index contributed by atoms with van der Waals surface area (Å²) in [5.74, 6) is 0.528. The van der Waals surface area contributed by atoms with Crippen molar-refractivity contribution in [3.05, 3.63) is 83.6 Å². The van der Waals surface area contributed by atoms with Gasteiger partial charge in [-0.3, -0.25) is 4.79 Å². The largest absolute Gasteiger partial charge is 0.482 e. The van der Waals surface area contributed by atoms with E-state index in [0.29, 0.717) is 17.2 Å². The number of carbonyl (C=O) groups excluding carboxylic acids is 1. The Labute approximate surface area is 155 Å². The summed E-state index contributed by atoms with van der Waals surface area (Å²) in [4.78, 5) is 12.2. The van der Waals surface area contributed by atoms with E-state index in [2.05, 4.69) is 5.32 Å². The van der Waals surface area contributed by atoms with Gasteiger partial charge < -0.3 is 14.8 Å². The number of rotatable bonds is 6. The fourth-order valence-corrected chi connectivity index (χ4v) is 2.42. The number of amides is 1. The lowest BCUT2D eigenvalue weighted by molar-refractivity contribution is -0.118. The lowest BCUT2D eigenvalue weighted by Crippen LogP contribution is -2.20. The third-order valence-corrected chi connectivity index (χ3v) is 3.68. The molecule has 1 amide bonds. The van der Waals surface area contributed by atoms with Crippen molar-refractivity contribution in [2.75, 3.05) is 11.9 Å². The predicted octanol–water partition coefficient (Wildman–Crippen LogP) is 5.29. The molecule has 0 aliphatic heterocycles. The summed E-state index contributed by atoms with van der Waals surface area (Å²) in [5, 5.41) is 2.83. The summed E-state index contributed by atoms with van der Waals surface area (Å²) < 4.78 is 24.1. The van der Waals surface area contributed by atoms with E-state index >= 15 is 0 Å². The molecule has 0 fully saturated rings. The zero-order valence-corrected chi connectivity index (χ0v) is 14.4. The third kappa shape index (κ3) is 4.74. The van der Waals surface area contributed by atoms with Crippen molar-refractivity contribution >= 4 is 23.2 Å². The lowest BCUT2D eigenvalue weighted by Gasteiger charge is -2.13. The number of hydrogen-bond acceptors (Lipinski definition) is 3. The molecule has 0 atom stereocenters. The van der Waals surface area contributed by atoms with Crippen LogP contribution in [-0.2, 0) is 4.79 Å². The summed E-state index contributed by atoms with van der Waals surface area (Å²) in [6, 6.07) is 20.0. The van der Waals surface area contributed by atoms with Crippen LogP contribution in [0.25, 0.3) is 0 Å². The van der Waals surface area contributed by atoms with Crippen molar-refractivity contribution in [3.63, 3.8) is 0 Å². The molecular formula is C20H15ClFNO3. The highest BCUT2D eigenvalue weighted by molar-refractivity contribution is 6.32. The second-order valence-corrected chi connectivity index (χ2v) is 5.73. The van der Waals surface area contributed by atoms with E-state index in [4.69, 9.17) is 21.1 Å². The highest BCUT2D eigenvalue weighted by atomic mass is 35.5. The van der Waals surface area contributed by atoms with Crippen LogP contribution < -0.4 is 14.8 Å². The highest BCUT2D eigenvalue weighted by Gasteiger charge is 2.10. The van der Waals surface area contributed by atoms with E-state index in [9.17, 15) is 9.18 Å². The van der Waals surface area contributed by atoms with Gasteiger partial charge in [-0.05, 0) is 42.5 Å². The first-order chi connectivity index (χ1) is 12.6. The number of nitrogens with one attached hydrogen (secondary N) is 1. The van der Waals surface area contributed by atoms with Crippen LogP contribution >= 0.6 is 11.6 Å². The number of benzene rings is 3. The smallest absolute Gasteiger partial charge is 0.262 e. The molecule has 3 aromatic rings. The molecule has 4 nitrogen and oxygen atoms in total. The maximum Gasteiger partial charge on any atom is 0.262 e. The first-order valence-corrected chi connectivity index (χ1v) is 8.19. The van der Waals surface area contributed by atoms with Crippen LogP contribution in [0, 0.1) is 5.82 Å². The summed E-state index contributed by atoms with van der Waals surface area (Å²) >= 11 is 5.87. The van der Waals surface area contributed by atoms with Crippen LogP contribution in [0.15, 0.2) is 72.8 Å². The van der Waals surface area contributed by atoms with Crippen molar-refractivity contribution in [2.45, 2.75) is 0 Å². The second kappa shape index (κ2) is 8.36. The van der Waals surface area contributed by atoms with Crippen LogP contribution in [0.3, 0.4) is 0 Å². The van der Waals surface area contributed by atoms with Gasteiger partial charge in [-0.15, -0.1) is 0 Å². The van der Waals surface area contributed by atoms with Gasteiger partial charge in [-0.1, -0.05) is 41.9 Å². The fourth-order valence-electron chi connectivity index (χ4n) is 2.20. The second-order valence-electron chi connectivity index (χ2n) is 5.32. The first-order valence-electron chi connectivity index (χ1n) is 7.81. The highest BCUT2D eigenvalue weighted by Crippen LogP contribution is 2.29. The topological polar surface area (TPSA) is 47.6 Å². The Hall–Kier alpha value is -3.05. The standard InChI is InChI=1S/C20H15ClFNO3/c21-16-12-14(22)10-11-18(16)25-13-20(24)23-17-8-4-5-9-19(17)26-15-6-2-1-3-7-15/h1-12H,13H2,(H,23,24). The molecule has 0 unspecified atom stereocenters. The van der Waals surface area contributed by atoms with Crippen molar-refractivity contribution < 1.29 is 18.7 Å². The quantitative estimate of drug-likeness (QED) is 0.640. The summed E-state index contributed by atoms with van der Waals surface area (Å²) in [6.07, 6.45) is 0. The van der Waals surface area contributed by atoms with Crippen LogP contribution in [0.5, 0.6) is 17.2 Å². The molecule has 0 spiro atoms. The maximum atomic E-state index is 13.0. The average molecular weight is 372 g/mol. The van der Waals surface area contributed by atoms with Gasteiger partial charge in [0.05, 0.1) is 10.7 Å². The van der Waals surface area contributed by atoms with Gasteiger partial charge in [0.25, 0.3) is 5.91 Å². The Morgan fingerprint density at radius 3 is 2.46 bits per heavy atom. The van der Waals surface area contributed by atoms with Gasteiger partial charge >= 0.3 is 0 Å². The number of carbonyl (C=O) groups is 1. The van der Waals surface area contributed by atoms with Crippen LogP contribution in [0.1, 0.15) is 0 Å². The Morgan fingerprint density at radius 1 is 0.962 bits per heavy atom. The summed E-state index contributed by atoms with van der Waals surface area (Å²) in [6.45, 7) is -0.273. The summed E-state index contributed by atoms with van der Waals surface area (Å²) in [7, 11) is 0. The molecule has 0 heterocycles. The van der Waals surface area contributed by atoms with Gasteiger partial charge in [0.1, 0.15) is 17.3 Å². The minimum atomic E-state index is -0.473. The normalized spacial score (nSPS) is 10.2. The molecule has 3 rings (SSSR count). The SMILES string of the molecule is O=C(COc1ccc(F)cc1Cl)Nc1ccccc1Oc1ccccc1. The predicted molar refractivity (Wildman–Crippen MR) is 98.5 cm³/mol. The van der Waals surface area contributed by atoms with Crippen molar-refractivity contribution in [1.82, 2.24) is 0 Å². The molecule has 0 saturated carbocycles. The zero-order valence-electron chi connectivity index (χ0n) is 13.6. The molecule has 26 heavy (non-hydrogen) atoms. The van der Waals surface area contributed by atoms with Gasteiger partial charge in [0.15, 0.2) is 12.4 Å². The molecule has 0 aliphatic carbocycles. The fraction of sp³-hybridized carbons (Fsp3) is 0.0500. The molecule has 1 N–H and O–H groups in total. The van der Waals surface area contributed by atoms with E-state index < -0.39 is 11.7 Å². The number of ether oxygens (including phenoxy) is 2. The van der Waals surface area contributed by atoms with E-state index in [1.807, 2.05) is 36.4 Å². The van der Waals surface area contributed by atoms with Crippen LogP contribution in [0.4, 0.5) is 10.1 Å². The summed E-state index contributed by atoms with van der Waals surface area (Å²) in [5.41, 5.74) is 0.509. The molecule has 0 saturated heterocycles. The Balaban J connectivity index is 1.64. The Morgan fingerprint density at radius 2 is 1.69 bits per heavy atom. The Bertz CT molecular complexity index is 903. The average Bonchev–Trinajstić information content (AvgIpc) is 2.63. The van der Waals surface area contributed by atoms with Crippen LogP contribution in [-0.4, -0.2) is 12.5 Å². The van der Waals surface area contributed by atoms with Crippen LogP contribution in [0.2, 0.25) is 5.02 Å². The Kier molecular flexibility index (Phi) is 5.71. The van der Waals surface area contributed by atoms with Gasteiger partial charge in [0.2, 0.25) is 0 Å². The van der Waals surface area contributed by atoms with Crippen molar-refractivity contribution in [3.8, 4) is 17.2 Å². The molecule has 0 radical (unpaired) electrons. The van der Waals surface area contributed by atoms with E-state index in [1.165, 1.54) is 12.1 Å². The minimum Gasteiger partial charge on any atom is -0.482 e. The molecule has 3 aromatic carbocycles. The maximum absolute atomic E-state index is 13.0. The molecule has 132 valence electrons. The number of anilines is 1. The molecular weight excluding hydrogens is 357 g/mol. The molecule has 0 bridgehead atoms. The molecule has 0 aliphatic rings.